The van der Waals surface area contributed by atoms with Gasteiger partial charge in [-0.15, -0.1) is 0 Å². The Morgan fingerprint density at radius 2 is 2.08 bits per heavy atom. The third-order valence-corrected chi connectivity index (χ3v) is 4.68. The number of aromatic amines is 1. The monoisotopic (exact) mass is 329 g/mol. The van der Waals surface area contributed by atoms with E-state index in [0.29, 0.717) is 0 Å². The van der Waals surface area contributed by atoms with Crippen molar-refractivity contribution in [1.29, 1.82) is 0 Å². The van der Waals surface area contributed by atoms with Gasteiger partial charge in [0, 0.05) is 19.3 Å². The zero-order chi connectivity index (χ0) is 16.8. The van der Waals surface area contributed by atoms with Gasteiger partial charge in [-0.3, -0.25) is 0 Å². The Labute approximate surface area is 143 Å². The van der Waals surface area contributed by atoms with Crippen molar-refractivity contribution in [3.8, 4) is 0 Å². The number of anilines is 1. The summed E-state index contributed by atoms with van der Waals surface area (Å²) in [6, 6.07) is 5.63. The van der Waals surface area contributed by atoms with Crippen LogP contribution in [0.15, 0.2) is 24.5 Å². The highest BCUT2D eigenvalue weighted by Crippen LogP contribution is 2.16. The molecule has 6 nitrogen and oxygen atoms in total. The van der Waals surface area contributed by atoms with Crippen LogP contribution in [0.1, 0.15) is 32.1 Å². The lowest BCUT2D eigenvalue weighted by atomic mass is 10.2. The van der Waals surface area contributed by atoms with Crippen LogP contribution in [0.2, 0.25) is 0 Å². The molecule has 0 atom stereocenters. The fourth-order valence-corrected chi connectivity index (χ4v) is 3.23. The highest BCUT2D eigenvalue weighted by atomic mass is 16.2. The average molecular weight is 329 g/mol. The second kappa shape index (κ2) is 8.15. The van der Waals surface area contributed by atoms with Gasteiger partial charge in [-0.2, -0.15) is 0 Å². The molecule has 2 amide bonds. The van der Waals surface area contributed by atoms with Crippen molar-refractivity contribution in [2.45, 2.75) is 32.1 Å². The maximum atomic E-state index is 12.3. The fourth-order valence-electron chi connectivity index (χ4n) is 3.23. The molecule has 2 N–H and O–H groups in total. The number of amides is 2. The molecule has 130 valence electrons. The van der Waals surface area contributed by atoms with Crippen molar-refractivity contribution in [2.24, 2.45) is 0 Å². The lowest BCUT2D eigenvalue weighted by molar-refractivity contribution is 0.215. The van der Waals surface area contributed by atoms with E-state index in [1.54, 1.807) is 11.2 Å². The van der Waals surface area contributed by atoms with Crippen LogP contribution in [0.3, 0.4) is 0 Å². The van der Waals surface area contributed by atoms with E-state index in [1.807, 2.05) is 25.2 Å². The van der Waals surface area contributed by atoms with Gasteiger partial charge in [0.15, 0.2) is 0 Å². The van der Waals surface area contributed by atoms with Crippen molar-refractivity contribution in [2.75, 3.05) is 38.5 Å². The molecule has 1 aliphatic heterocycles. The maximum Gasteiger partial charge on any atom is 0.321 e. The van der Waals surface area contributed by atoms with Gasteiger partial charge >= 0.3 is 6.03 Å². The lowest BCUT2D eigenvalue weighted by Crippen LogP contribution is -2.34. The second-order valence-electron chi connectivity index (χ2n) is 6.60. The number of fused-ring (bicyclic) bond motifs is 1. The van der Waals surface area contributed by atoms with E-state index in [-0.39, 0.29) is 6.03 Å². The van der Waals surface area contributed by atoms with Gasteiger partial charge in [0.25, 0.3) is 0 Å². The molecule has 1 aliphatic rings. The number of hydrogen-bond donors (Lipinski definition) is 2. The standard InChI is InChI=1S/C18H27N5O/c1-22(9-6-12-23-10-4-2-3-5-11-23)18(24)21-15-7-8-16-17(13-15)20-14-19-16/h7-8,13-14H,2-6,9-12H2,1H3,(H,19,20)(H,21,24). The smallest absolute Gasteiger partial charge is 0.321 e. The van der Waals surface area contributed by atoms with E-state index in [9.17, 15) is 4.79 Å². The minimum atomic E-state index is -0.0651. The van der Waals surface area contributed by atoms with Gasteiger partial charge in [-0.25, -0.2) is 9.78 Å². The molecule has 0 saturated carbocycles. The number of hydrogen-bond acceptors (Lipinski definition) is 3. The number of aromatic nitrogens is 2. The summed E-state index contributed by atoms with van der Waals surface area (Å²) in [5.74, 6) is 0. The van der Waals surface area contributed by atoms with Crippen LogP contribution in [-0.2, 0) is 0 Å². The summed E-state index contributed by atoms with van der Waals surface area (Å²) in [6.07, 6.45) is 8.02. The van der Waals surface area contributed by atoms with E-state index < -0.39 is 0 Å². The number of likely N-dealkylation sites (tertiary alicyclic amines) is 1. The fraction of sp³-hybridized carbons (Fsp3) is 0.556. The summed E-state index contributed by atoms with van der Waals surface area (Å²) >= 11 is 0. The summed E-state index contributed by atoms with van der Waals surface area (Å²) in [4.78, 5) is 23.8. The van der Waals surface area contributed by atoms with Crippen LogP contribution in [0.4, 0.5) is 10.5 Å². The summed E-state index contributed by atoms with van der Waals surface area (Å²) < 4.78 is 0. The van der Waals surface area contributed by atoms with E-state index >= 15 is 0 Å². The Balaban J connectivity index is 1.43. The molecule has 0 unspecified atom stereocenters. The first-order valence-electron chi connectivity index (χ1n) is 8.90. The summed E-state index contributed by atoms with van der Waals surface area (Å²) in [6.45, 7) is 4.27. The number of benzene rings is 1. The molecule has 6 heteroatoms. The number of nitrogens with one attached hydrogen (secondary N) is 2. The lowest BCUT2D eigenvalue weighted by Gasteiger charge is -2.22. The minimum absolute atomic E-state index is 0.0651. The number of rotatable bonds is 5. The zero-order valence-electron chi connectivity index (χ0n) is 14.4. The third kappa shape index (κ3) is 4.47. The van der Waals surface area contributed by atoms with Gasteiger partial charge < -0.3 is 20.1 Å². The van der Waals surface area contributed by atoms with Crippen LogP contribution >= 0.6 is 0 Å². The number of carbonyl (C=O) groups is 1. The minimum Gasteiger partial charge on any atom is -0.345 e. The molecule has 0 radical (unpaired) electrons. The van der Waals surface area contributed by atoms with Crippen LogP contribution in [0.25, 0.3) is 11.0 Å². The molecule has 1 saturated heterocycles. The number of urea groups is 1. The zero-order valence-corrected chi connectivity index (χ0v) is 14.4. The molecular formula is C18H27N5O. The van der Waals surface area contributed by atoms with Gasteiger partial charge in [-0.05, 0) is 57.1 Å². The molecule has 2 heterocycles. The van der Waals surface area contributed by atoms with Crippen LogP contribution < -0.4 is 5.32 Å². The summed E-state index contributed by atoms with van der Waals surface area (Å²) in [7, 11) is 1.85. The van der Waals surface area contributed by atoms with Crippen molar-refractivity contribution in [3.05, 3.63) is 24.5 Å². The van der Waals surface area contributed by atoms with E-state index in [2.05, 4.69) is 20.2 Å². The Bertz CT molecular complexity index is 660. The second-order valence-corrected chi connectivity index (χ2v) is 6.60. The Morgan fingerprint density at radius 3 is 2.88 bits per heavy atom. The molecular weight excluding hydrogens is 302 g/mol. The Morgan fingerprint density at radius 1 is 1.29 bits per heavy atom. The predicted molar refractivity (Wildman–Crippen MR) is 97.3 cm³/mol. The highest BCUT2D eigenvalue weighted by molar-refractivity contribution is 5.91. The maximum absolute atomic E-state index is 12.3. The van der Waals surface area contributed by atoms with Gasteiger partial charge in [0.2, 0.25) is 0 Å². The summed E-state index contributed by atoms with van der Waals surface area (Å²) in [5, 5.41) is 2.95. The van der Waals surface area contributed by atoms with Crippen LogP contribution in [0.5, 0.6) is 0 Å². The topological polar surface area (TPSA) is 64.3 Å². The SMILES string of the molecule is CN(CCCN1CCCCCC1)C(=O)Nc1ccc2nc[nH]c2c1. The highest BCUT2D eigenvalue weighted by Gasteiger charge is 2.12. The molecule has 0 spiro atoms. The molecule has 2 aromatic rings. The van der Waals surface area contributed by atoms with E-state index in [1.165, 1.54) is 38.8 Å². The van der Waals surface area contributed by atoms with Crippen molar-refractivity contribution in [1.82, 2.24) is 19.8 Å². The Kier molecular flexibility index (Phi) is 5.69. The van der Waals surface area contributed by atoms with Gasteiger partial charge in [0.1, 0.15) is 0 Å². The van der Waals surface area contributed by atoms with Crippen LogP contribution in [0, 0.1) is 0 Å². The van der Waals surface area contributed by atoms with Crippen molar-refractivity contribution >= 4 is 22.8 Å². The van der Waals surface area contributed by atoms with Crippen LogP contribution in [-0.4, -0.2) is 59.0 Å². The van der Waals surface area contributed by atoms with Crippen molar-refractivity contribution in [3.63, 3.8) is 0 Å². The molecule has 0 bridgehead atoms. The molecule has 24 heavy (non-hydrogen) atoms. The number of carbonyl (C=O) groups excluding carboxylic acids is 1. The first-order valence-corrected chi connectivity index (χ1v) is 8.90. The first-order chi connectivity index (χ1) is 11.7. The van der Waals surface area contributed by atoms with Crippen molar-refractivity contribution < 1.29 is 4.79 Å². The quantitative estimate of drug-likeness (QED) is 0.885. The number of H-pyrrole nitrogens is 1. The largest absolute Gasteiger partial charge is 0.345 e. The molecule has 1 fully saturated rings. The third-order valence-electron chi connectivity index (χ3n) is 4.68. The number of nitrogens with zero attached hydrogens (tertiary/aromatic N) is 3. The molecule has 1 aromatic heterocycles. The Hall–Kier alpha value is -2.08. The van der Waals surface area contributed by atoms with Gasteiger partial charge in [0.05, 0.1) is 17.4 Å². The van der Waals surface area contributed by atoms with E-state index in [0.717, 1.165) is 36.2 Å². The van der Waals surface area contributed by atoms with E-state index in [4.69, 9.17) is 0 Å². The normalized spacial score (nSPS) is 16.0. The number of imidazole rings is 1. The first kappa shape index (κ1) is 16.8. The molecule has 1 aromatic carbocycles. The molecule has 3 rings (SSSR count). The summed E-state index contributed by atoms with van der Waals surface area (Å²) in [5.41, 5.74) is 2.62. The van der Waals surface area contributed by atoms with Gasteiger partial charge in [-0.1, -0.05) is 12.8 Å². The molecule has 0 aliphatic carbocycles. The predicted octanol–water partition coefficient (Wildman–Crippen LogP) is 3.29. The average Bonchev–Trinajstić information content (AvgIpc) is 2.89.